The topological polar surface area (TPSA) is 80.4 Å². The molecule has 0 atom stereocenters. The zero-order chi connectivity index (χ0) is 18.8. The largest absolute Gasteiger partial charge is 0.507 e. The van der Waals surface area contributed by atoms with Crippen LogP contribution >= 0.6 is 0 Å². The van der Waals surface area contributed by atoms with E-state index < -0.39 is 0 Å². The number of phenols is 2. The highest BCUT2D eigenvalue weighted by Crippen LogP contribution is 2.33. The number of ether oxygens (including phenoxy) is 1. The van der Waals surface area contributed by atoms with E-state index >= 15 is 0 Å². The molecule has 0 saturated heterocycles. The van der Waals surface area contributed by atoms with E-state index in [1.807, 2.05) is 36.4 Å². The van der Waals surface area contributed by atoms with E-state index in [0.717, 1.165) is 11.4 Å². The van der Waals surface area contributed by atoms with Crippen LogP contribution < -0.4 is 4.74 Å². The second-order valence-electron chi connectivity index (χ2n) is 5.90. The second kappa shape index (κ2) is 6.84. The fourth-order valence-corrected chi connectivity index (χ4v) is 2.83. The predicted octanol–water partition coefficient (Wildman–Crippen LogP) is 4.02. The zero-order valence-electron chi connectivity index (χ0n) is 14.6. The molecule has 0 unspecified atom stereocenters. The Morgan fingerprint density at radius 2 is 1.37 bits per heavy atom. The van der Waals surface area contributed by atoms with Crippen molar-refractivity contribution >= 4 is 0 Å². The van der Waals surface area contributed by atoms with Crippen LogP contribution in [-0.2, 0) is 0 Å². The number of para-hydroxylation sites is 2. The lowest BCUT2D eigenvalue weighted by Gasteiger charge is -2.08. The van der Waals surface area contributed by atoms with Crippen molar-refractivity contribution in [3.8, 4) is 45.7 Å². The molecule has 0 saturated carbocycles. The minimum atomic E-state index is 0.0909. The molecular formula is C21H17N3O3. The number of hydrogen-bond donors (Lipinski definition) is 2. The van der Waals surface area contributed by atoms with Crippen LogP contribution in [0, 0.1) is 0 Å². The first-order chi connectivity index (χ1) is 13.2. The lowest BCUT2D eigenvalue weighted by atomic mass is 10.1. The molecule has 0 bridgehead atoms. The van der Waals surface area contributed by atoms with Crippen molar-refractivity contribution in [1.82, 2.24) is 14.8 Å². The lowest BCUT2D eigenvalue weighted by molar-refractivity contribution is 0.414. The third-order valence-electron chi connectivity index (χ3n) is 4.21. The number of aromatic hydroxyl groups is 2. The van der Waals surface area contributed by atoms with Crippen molar-refractivity contribution in [3.63, 3.8) is 0 Å². The van der Waals surface area contributed by atoms with Crippen molar-refractivity contribution < 1.29 is 14.9 Å². The van der Waals surface area contributed by atoms with Gasteiger partial charge < -0.3 is 14.9 Å². The number of rotatable bonds is 4. The van der Waals surface area contributed by atoms with Crippen LogP contribution in [0.15, 0.2) is 72.8 Å². The first-order valence-corrected chi connectivity index (χ1v) is 8.35. The maximum Gasteiger partial charge on any atom is 0.185 e. The minimum absolute atomic E-state index is 0.0909. The van der Waals surface area contributed by atoms with Gasteiger partial charge in [0.1, 0.15) is 17.2 Å². The van der Waals surface area contributed by atoms with Gasteiger partial charge in [0.2, 0.25) is 0 Å². The summed E-state index contributed by atoms with van der Waals surface area (Å²) in [5, 5.41) is 25.1. The van der Waals surface area contributed by atoms with Crippen LogP contribution in [0.3, 0.4) is 0 Å². The van der Waals surface area contributed by atoms with Crippen LogP contribution in [0.2, 0.25) is 0 Å². The van der Waals surface area contributed by atoms with Crippen LogP contribution in [0.5, 0.6) is 17.2 Å². The SMILES string of the molecule is COc1ccc(-n2nc(-c3ccccc3O)nc2-c2ccccc2O)cc1. The Balaban J connectivity index is 1.93. The van der Waals surface area contributed by atoms with Crippen LogP contribution in [0.25, 0.3) is 28.5 Å². The zero-order valence-corrected chi connectivity index (χ0v) is 14.6. The summed E-state index contributed by atoms with van der Waals surface area (Å²) >= 11 is 0. The van der Waals surface area contributed by atoms with E-state index in [4.69, 9.17) is 4.74 Å². The lowest BCUT2D eigenvalue weighted by Crippen LogP contribution is -2.00. The number of methoxy groups -OCH3 is 1. The predicted molar refractivity (Wildman–Crippen MR) is 102 cm³/mol. The van der Waals surface area contributed by atoms with Gasteiger partial charge in [-0.25, -0.2) is 9.67 Å². The Labute approximate surface area is 155 Å². The standard InChI is InChI=1S/C21H17N3O3/c1-27-15-12-10-14(11-13-15)24-21(17-7-3-5-9-19(17)26)22-20(23-24)16-6-2-4-8-18(16)25/h2-13,25-26H,1H3. The number of phenolic OH excluding ortho intramolecular Hbond substituents is 2. The van der Waals surface area contributed by atoms with E-state index in [9.17, 15) is 10.2 Å². The van der Waals surface area contributed by atoms with Crippen molar-refractivity contribution in [2.45, 2.75) is 0 Å². The second-order valence-corrected chi connectivity index (χ2v) is 5.90. The quantitative estimate of drug-likeness (QED) is 0.575. The average molecular weight is 359 g/mol. The van der Waals surface area contributed by atoms with E-state index in [1.54, 1.807) is 48.2 Å². The molecule has 0 spiro atoms. The Hall–Kier alpha value is -3.80. The first-order valence-electron chi connectivity index (χ1n) is 8.35. The Bertz CT molecular complexity index is 1090. The molecule has 2 N–H and O–H groups in total. The molecule has 1 aromatic heterocycles. The summed E-state index contributed by atoms with van der Waals surface area (Å²) in [5.74, 6) is 1.75. The van der Waals surface area contributed by atoms with E-state index in [1.165, 1.54) is 0 Å². The number of nitrogens with zero attached hydrogens (tertiary/aromatic N) is 3. The van der Waals surface area contributed by atoms with Gasteiger partial charge >= 0.3 is 0 Å². The fraction of sp³-hybridized carbons (Fsp3) is 0.0476. The van der Waals surface area contributed by atoms with Gasteiger partial charge in [-0.2, -0.15) is 0 Å². The van der Waals surface area contributed by atoms with Crippen LogP contribution in [0.4, 0.5) is 0 Å². The summed E-state index contributed by atoms with van der Waals surface area (Å²) in [5.41, 5.74) is 1.81. The van der Waals surface area contributed by atoms with Crippen molar-refractivity contribution in [2.24, 2.45) is 0 Å². The van der Waals surface area contributed by atoms with Crippen molar-refractivity contribution in [2.75, 3.05) is 7.11 Å². The normalized spacial score (nSPS) is 10.7. The van der Waals surface area contributed by atoms with Crippen molar-refractivity contribution in [1.29, 1.82) is 0 Å². The van der Waals surface area contributed by atoms with Crippen LogP contribution in [0.1, 0.15) is 0 Å². The number of benzene rings is 3. The summed E-state index contributed by atoms with van der Waals surface area (Å²) in [6.45, 7) is 0. The molecule has 6 heteroatoms. The first kappa shape index (κ1) is 16.7. The molecule has 6 nitrogen and oxygen atoms in total. The summed E-state index contributed by atoms with van der Waals surface area (Å²) in [6, 6.07) is 21.2. The molecule has 0 aliphatic carbocycles. The summed E-state index contributed by atoms with van der Waals surface area (Å²) in [4.78, 5) is 4.59. The van der Waals surface area contributed by atoms with Gasteiger partial charge in [-0.05, 0) is 48.5 Å². The molecule has 0 aliphatic heterocycles. The molecule has 4 aromatic rings. The van der Waals surface area contributed by atoms with Gasteiger partial charge in [-0.15, -0.1) is 5.10 Å². The smallest absolute Gasteiger partial charge is 0.185 e. The molecule has 3 aromatic carbocycles. The number of hydrogen-bond acceptors (Lipinski definition) is 5. The van der Waals surface area contributed by atoms with Gasteiger partial charge in [0.05, 0.1) is 23.9 Å². The molecule has 134 valence electrons. The molecule has 27 heavy (non-hydrogen) atoms. The fourth-order valence-electron chi connectivity index (χ4n) is 2.83. The number of aromatic nitrogens is 3. The molecule has 0 amide bonds. The maximum atomic E-state index is 10.3. The Kier molecular flexibility index (Phi) is 4.22. The third kappa shape index (κ3) is 3.08. The summed E-state index contributed by atoms with van der Waals surface area (Å²) in [6.07, 6.45) is 0. The van der Waals surface area contributed by atoms with E-state index in [0.29, 0.717) is 22.8 Å². The van der Waals surface area contributed by atoms with Crippen LogP contribution in [-0.4, -0.2) is 32.1 Å². The third-order valence-corrected chi connectivity index (χ3v) is 4.21. The molecule has 0 radical (unpaired) electrons. The average Bonchev–Trinajstić information content (AvgIpc) is 3.13. The van der Waals surface area contributed by atoms with Gasteiger partial charge in [0.25, 0.3) is 0 Å². The molecule has 1 heterocycles. The van der Waals surface area contributed by atoms with Gasteiger partial charge in [0, 0.05) is 0 Å². The molecule has 4 rings (SSSR count). The molecule has 0 aliphatic rings. The summed E-state index contributed by atoms with van der Waals surface area (Å²) in [7, 11) is 1.61. The Morgan fingerprint density at radius 1 is 0.778 bits per heavy atom. The summed E-state index contributed by atoms with van der Waals surface area (Å²) < 4.78 is 6.85. The monoisotopic (exact) mass is 359 g/mol. The highest BCUT2D eigenvalue weighted by molar-refractivity contribution is 5.70. The molecule has 0 fully saturated rings. The van der Waals surface area contributed by atoms with Gasteiger partial charge in [-0.1, -0.05) is 24.3 Å². The Morgan fingerprint density at radius 3 is 1.96 bits per heavy atom. The highest BCUT2D eigenvalue weighted by Gasteiger charge is 2.18. The van der Waals surface area contributed by atoms with Gasteiger partial charge in [-0.3, -0.25) is 0 Å². The maximum absolute atomic E-state index is 10.3. The molecular weight excluding hydrogens is 342 g/mol. The highest BCUT2D eigenvalue weighted by atomic mass is 16.5. The van der Waals surface area contributed by atoms with E-state index in [-0.39, 0.29) is 11.5 Å². The minimum Gasteiger partial charge on any atom is -0.507 e. The van der Waals surface area contributed by atoms with Gasteiger partial charge in [0.15, 0.2) is 11.6 Å². The van der Waals surface area contributed by atoms with Crippen molar-refractivity contribution in [3.05, 3.63) is 72.8 Å². The van der Waals surface area contributed by atoms with E-state index in [2.05, 4.69) is 10.1 Å².